The van der Waals surface area contributed by atoms with Gasteiger partial charge in [0.1, 0.15) is 27.9 Å². The number of benzene rings is 2. The molecular formula is C27H28ClN7O. The molecule has 0 radical (unpaired) electrons. The van der Waals surface area contributed by atoms with E-state index in [-0.39, 0.29) is 0 Å². The molecule has 9 heteroatoms. The number of aromatic amines is 1. The molecular weight excluding hydrogens is 474 g/mol. The number of aromatic nitrogens is 6. The summed E-state index contributed by atoms with van der Waals surface area (Å²) in [4.78, 5) is 19.6. The number of halogens is 1. The van der Waals surface area contributed by atoms with Crippen molar-refractivity contribution >= 4 is 33.7 Å². The third-order valence-corrected chi connectivity index (χ3v) is 7.29. The van der Waals surface area contributed by atoms with E-state index in [0.29, 0.717) is 33.5 Å². The van der Waals surface area contributed by atoms with E-state index >= 15 is 0 Å². The van der Waals surface area contributed by atoms with E-state index in [1.54, 1.807) is 6.20 Å². The van der Waals surface area contributed by atoms with Crippen LogP contribution in [-0.4, -0.2) is 54.8 Å². The molecule has 0 aliphatic carbocycles. The molecule has 1 aliphatic heterocycles. The number of aryl methyl sites for hydroxylation is 2. The number of piperidine rings is 1. The zero-order valence-corrected chi connectivity index (χ0v) is 21.4. The van der Waals surface area contributed by atoms with Gasteiger partial charge < -0.3 is 14.6 Å². The van der Waals surface area contributed by atoms with Gasteiger partial charge in [-0.05, 0) is 77.0 Å². The van der Waals surface area contributed by atoms with Crippen molar-refractivity contribution in [2.45, 2.75) is 33.2 Å². The van der Waals surface area contributed by atoms with Gasteiger partial charge in [-0.1, -0.05) is 11.6 Å². The van der Waals surface area contributed by atoms with Crippen LogP contribution in [0.15, 0.2) is 42.7 Å². The number of nitrogens with zero attached hydrogens (tertiary/aromatic N) is 6. The largest absolute Gasteiger partial charge is 0.456 e. The molecule has 0 spiro atoms. The molecule has 1 fully saturated rings. The fourth-order valence-electron chi connectivity index (χ4n) is 4.91. The van der Waals surface area contributed by atoms with Crippen molar-refractivity contribution < 1.29 is 4.74 Å². The summed E-state index contributed by atoms with van der Waals surface area (Å²) in [5.41, 5.74) is 5.79. The van der Waals surface area contributed by atoms with Gasteiger partial charge in [0.25, 0.3) is 0 Å². The van der Waals surface area contributed by atoms with Crippen molar-refractivity contribution in [1.29, 1.82) is 0 Å². The normalized spacial score (nSPS) is 15.2. The molecule has 4 heterocycles. The Balaban J connectivity index is 1.28. The van der Waals surface area contributed by atoms with Crippen molar-refractivity contribution in [3.63, 3.8) is 0 Å². The van der Waals surface area contributed by atoms with Crippen molar-refractivity contribution in [3.05, 3.63) is 59.3 Å². The first-order valence-electron chi connectivity index (χ1n) is 12.3. The Bertz CT molecular complexity index is 1570. The minimum Gasteiger partial charge on any atom is -0.456 e. The molecule has 0 amide bonds. The van der Waals surface area contributed by atoms with E-state index in [4.69, 9.17) is 26.4 Å². The highest BCUT2D eigenvalue weighted by molar-refractivity contribution is 6.36. The van der Waals surface area contributed by atoms with Gasteiger partial charge in [0.15, 0.2) is 0 Å². The Morgan fingerprint density at radius 3 is 2.72 bits per heavy atom. The number of fused-ring (bicyclic) bond motifs is 2. The predicted octanol–water partition coefficient (Wildman–Crippen LogP) is 5.77. The molecule has 1 saturated heterocycles. The van der Waals surface area contributed by atoms with Crippen LogP contribution in [-0.2, 0) is 6.54 Å². The van der Waals surface area contributed by atoms with Gasteiger partial charge in [-0.3, -0.25) is 9.67 Å². The van der Waals surface area contributed by atoms with Crippen molar-refractivity contribution in [1.82, 2.24) is 34.6 Å². The summed E-state index contributed by atoms with van der Waals surface area (Å²) in [6.45, 7) is 7.16. The van der Waals surface area contributed by atoms with Crippen LogP contribution in [0.1, 0.15) is 24.4 Å². The summed E-state index contributed by atoms with van der Waals surface area (Å²) >= 11 is 6.79. The topological polar surface area (TPSA) is 84.8 Å². The molecule has 36 heavy (non-hydrogen) atoms. The van der Waals surface area contributed by atoms with E-state index < -0.39 is 0 Å². The van der Waals surface area contributed by atoms with Crippen molar-refractivity contribution in [2.75, 3.05) is 20.1 Å². The molecule has 8 nitrogen and oxygen atoms in total. The Hall–Kier alpha value is -3.49. The summed E-state index contributed by atoms with van der Waals surface area (Å²) in [6.07, 6.45) is 6.27. The SMILES string of the molecule is Cc1nc2ccc(Oc3ccc4ncc(-c5cn(CC6CCN(C)CC6)nc5C)nc4c3Cl)cc2[nH]1. The van der Waals surface area contributed by atoms with Gasteiger partial charge in [-0.25, -0.2) is 9.97 Å². The van der Waals surface area contributed by atoms with Crippen LogP contribution < -0.4 is 4.74 Å². The van der Waals surface area contributed by atoms with Crippen LogP contribution in [0, 0.1) is 19.8 Å². The van der Waals surface area contributed by atoms with E-state index in [0.717, 1.165) is 53.4 Å². The Morgan fingerprint density at radius 1 is 1.08 bits per heavy atom. The van der Waals surface area contributed by atoms with Gasteiger partial charge in [0.05, 0.1) is 34.1 Å². The highest BCUT2D eigenvalue weighted by Gasteiger charge is 2.19. The highest BCUT2D eigenvalue weighted by atomic mass is 35.5. The van der Waals surface area contributed by atoms with Crippen molar-refractivity contribution in [3.8, 4) is 22.8 Å². The third kappa shape index (κ3) is 4.42. The first-order valence-corrected chi connectivity index (χ1v) is 12.6. The van der Waals surface area contributed by atoms with Gasteiger partial charge in [0, 0.05) is 24.4 Å². The van der Waals surface area contributed by atoms with Gasteiger partial charge in [-0.2, -0.15) is 5.10 Å². The summed E-state index contributed by atoms with van der Waals surface area (Å²) in [5.74, 6) is 2.71. The minimum absolute atomic E-state index is 0.430. The first kappa shape index (κ1) is 22.9. The van der Waals surface area contributed by atoms with E-state index in [9.17, 15) is 0 Å². The monoisotopic (exact) mass is 501 g/mol. The summed E-state index contributed by atoms with van der Waals surface area (Å²) in [5, 5.41) is 5.20. The predicted molar refractivity (Wildman–Crippen MR) is 142 cm³/mol. The number of nitrogens with one attached hydrogen (secondary N) is 1. The maximum absolute atomic E-state index is 6.79. The molecule has 0 bridgehead atoms. The summed E-state index contributed by atoms with van der Waals surface area (Å²) in [6, 6.07) is 9.43. The van der Waals surface area contributed by atoms with Crippen LogP contribution in [0.25, 0.3) is 33.3 Å². The molecule has 2 aromatic carbocycles. The Morgan fingerprint density at radius 2 is 1.89 bits per heavy atom. The third-order valence-electron chi connectivity index (χ3n) is 6.92. The zero-order valence-electron chi connectivity index (χ0n) is 20.6. The molecule has 6 rings (SSSR count). The maximum atomic E-state index is 6.79. The molecule has 0 unspecified atom stereocenters. The number of ether oxygens (including phenoxy) is 1. The second-order valence-corrected chi connectivity index (χ2v) is 10.1. The standard InChI is InChI=1S/C27H28ClN7O/c1-16-20(15-35(33-16)14-18-8-10-34(3)11-9-18)24-13-29-22-6-7-25(26(28)27(22)32-24)36-19-4-5-21-23(12-19)31-17(2)30-21/h4-7,12-13,15,18H,8-11,14H2,1-3H3,(H,30,31). The lowest BCUT2D eigenvalue weighted by molar-refractivity contribution is 0.201. The van der Waals surface area contributed by atoms with Gasteiger partial charge in [-0.15, -0.1) is 0 Å². The van der Waals surface area contributed by atoms with E-state index in [1.165, 1.54) is 12.8 Å². The lowest BCUT2D eigenvalue weighted by Crippen LogP contribution is -2.32. The molecule has 0 atom stereocenters. The van der Waals surface area contributed by atoms with Crippen LogP contribution in [0.5, 0.6) is 11.5 Å². The van der Waals surface area contributed by atoms with E-state index in [2.05, 4.69) is 37.8 Å². The number of likely N-dealkylation sites (tertiary alicyclic amines) is 1. The van der Waals surface area contributed by atoms with Gasteiger partial charge >= 0.3 is 0 Å². The number of hydrogen-bond donors (Lipinski definition) is 1. The first-order chi connectivity index (χ1) is 17.4. The van der Waals surface area contributed by atoms with Crippen LogP contribution in [0.2, 0.25) is 5.02 Å². The molecule has 0 saturated carbocycles. The number of imidazole rings is 1. The number of rotatable bonds is 5. The molecule has 5 aromatic rings. The lowest BCUT2D eigenvalue weighted by Gasteiger charge is -2.28. The van der Waals surface area contributed by atoms with Crippen molar-refractivity contribution in [2.24, 2.45) is 5.92 Å². The molecule has 1 N–H and O–H groups in total. The smallest absolute Gasteiger partial charge is 0.148 e. The average Bonchev–Trinajstić information content (AvgIpc) is 3.42. The number of H-pyrrole nitrogens is 1. The Labute approximate surface area is 214 Å². The lowest BCUT2D eigenvalue weighted by atomic mass is 9.97. The number of hydrogen-bond acceptors (Lipinski definition) is 6. The minimum atomic E-state index is 0.430. The fourth-order valence-corrected chi connectivity index (χ4v) is 5.15. The highest BCUT2D eigenvalue weighted by Crippen LogP contribution is 2.36. The zero-order chi connectivity index (χ0) is 24.8. The molecule has 1 aliphatic rings. The van der Waals surface area contributed by atoms with Crippen LogP contribution in [0.4, 0.5) is 0 Å². The summed E-state index contributed by atoms with van der Waals surface area (Å²) in [7, 11) is 2.19. The van der Waals surface area contributed by atoms with Gasteiger partial charge in [0.2, 0.25) is 0 Å². The Kier molecular flexibility index (Phi) is 5.85. The average molecular weight is 502 g/mol. The van der Waals surface area contributed by atoms with E-state index in [1.807, 2.05) is 44.2 Å². The fraction of sp³-hybridized carbons (Fsp3) is 0.333. The second-order valence-electron chi connectivity index (χ2n) is 9.70. The molecule has 3 aromatic heterocycles. The van der Waals surface area contributed by atoms with Crippen LogP contribution in [0.3, 0.4) is 0 Å². The maximum Gasteiger partial charge on any atom is 0.148 e. The summed E-state index contributed by atoms with van der Waals surface area (Å²) < 4.78 is 8.19. The molecule has 184 valence electrons. The quantitative estimate of drug-likeness (QED) is 0.329. The second kappa shape index (κ2) is 9.19. The van der Waals surface area contributed by atoms with Crippen LogP contribution >= 0.6 is 11.6 Å².